The number of benzene rings is 4. The van der Waals surface area contributed by atoms with Crippen molar-refractivity contribution in [3.05, 3.63) is 84.9 Å². The molecule has 5 nitrogen and oxygen atoms in total. The minimum absolute atomic E-state index is 0.811. The predicted molar refractivity (Wildman–Crippen MR) is 132 cm³/mol. The Kier molecular flexibility index (Phi) is 3.98. The van der Waals surface area contributed by atoms with E-state index in [9.17, 15) is 0 Å². The highest BCUT2D eigenvalue weighted by Crippen LogP contribution is 2.48. The van der Waals surface area contributed by atoms with Crippen molar-refractivity contribution in [2.75, 3.05) is 14.1 Å². The zero-order valence-corrected chi connectivity index (χ0v) is 20.0. The summed E-state index contributed by atoms with van der Waals surface area (Å²) in [6, 6.07) is 28.9. The molecular weight excluding hydrogens is 449 g/mol. The molecule has 3 aliphatic rings. The third-order valence-corrected chi connectivity index (χ3v) is 12.7. The molecule has 0 bridgehead atoms. The number of hydrogen-bond acceptors (Lipinski definition) is 5. The lowest BCUT2D eigenvalue weighted by Gasteiger charge is -2.45. The molecule has 0 fully saturated rings. The van der Waals surface area contributed by atoms with E-state index >= 15 is 0 Å². The van der Waals surface area contributed by atoms with E-state index in [4.69, 9.17) is 18.5 Å². The normalized spacial score (nSPS) is 16.3. The summed E-state index contributed by atoms with van der Waals surface area (Å²) in [6.45, 7) is 0. The summed E-state index contributed by atoms with van der Waals surface area (Å²) in [5.74, 6) is 5.05. The molecule has 0 unspecified atom stereocenters. The van der Waals surface area contributed by atoms with Crippen molar-refractivity contribution >= 4 is 37.3 Å². The second-order valence-electron chi connectivity index (χ2n) is 8.47. The number of ether oxygens (including phenoxy) is 2. The number of para-hydroxylation sites is 2. The van der Waals surface area contributed by atoms with Crippen molar-refractivity contribution in [2.24, 2.45) is 0 Å². The quantitative estimate of drug-likeness (QED) is 0.270. The van der Waals surface area contributed by atoms with Crippen molar-refractivity contribution in [2.45, 2.75) is 0 Å². The average molecular weight is 470 g/mol. The van der Waals surface area contributed by atoms with E-state index in [0.717, 1.165) is 44.9 Å². The first-order chi connectivity index (χ1) is 16.2. The smallest absolute Gasteiger partial charge is 0.383 e. The monoisotopic (exact) mass is 469 g/mol. The number of nitrogens with zero attached hydrogens (tertiary/aromatic N) is 1. The zero-order chi connectivity index (χ0) is 22.2. The molecule has 1 spiro atoms. The van der Waals surface area contributed by atoms with Gasteiger partial charge in [0.2, 0.25) is 8.07 Å². The summed E-state index contributed by atoms with van der Waals surface area (Å²) in [7, 11) is -0.304. The summed E-state index contributed by atoms with van der Waals surface area (Å²) in [4.78, 5) is 0. The molecule has 4 aromatic rings. The van der Waals surface area contributed by atoms with Gasteiger partial charge in [-0.2, -0.15) is 0 Å². The molecule has 3 heterocycles. The van der Waals surface area contributed by atoms with Crippen molar-refractivity contribution in [3.63, 3.8) is 0 Å². The van der Waals surface area contributed by atoms with Crippen LogP contribution in [0.15, 0.2) is 84.9 Å². The van der Waals surface area contributed by atoms with Gasteiger partial charge in [0, 0.05) is 10.4 Å². The Bertz CT molecular complexity index is 1330. The van der Waals surface area contributed by atoms with Crippen LogP contribution in [0.2, 0.25) is 0 Å². The Morgan fingerprint density at radius 2 is 0.970 bits per heavy atom. The predicted octanol–water partition coefficient (Wildman–Crippen LogP) is 3.84. The summed E-state index contributed by atoms with van der Waals surface area (Å²) in [5, 5.41) is 4.59. The summed E-state index contributed by atoms with van der Waals surface area (Å²) in [5.41, 5.74) is 0. The number of fused-ring (bicyclic) bond motifs is 2. The van der Waals surface area contributed by atoms with Gasteiger partial charge < -0.3 is 18.5 Å². The van der Waals surface area contributed by atoms with Crippen LogP contribution < -0.4 is 39.3 Å². The molecule has 0 N–H and O–H groups in total. The minimum atomic E-state index is -2.88. The van der Waals surface area contributed by atoms with Gasteiger partial charge in [0.05, 0.1) is 0 Å². The molecule has 162 valence electrons. The van der Waals surface area contributed by atoms with E-state index in [1.54, 1.807) is 0 Å². The fraction of sp³-hybridized carbons (Fsp3) is 0.0769. The molecular formula is C26H20NO4PSi. The summed E-state index contributed by atoms with van der Waals surface area (Å²) >= 11 is 0. The van der Waals surface area contributed by atoms with Crippen LogP contribution in [0.1, 0.15) is 0 Å². The Morgan fingerprint density at radius 3 is 1.45 bits per heavy atom. The molecule has 7 rings (SSSR count). The second-order valence-corrected chi connectivity index (χ2v) is 13.7. The standard InChI is InChI=1S/C26H20NO4PSi/c1-27(2)32-30-21-13-7-11-19-25(21)33(23-15-5-3-9-17(23)28-19)24-16-6-4-10-18(24)29-20-12-8-14-22(31-32)26(20)33/h3-16H,1-2H3. The van der Waals surface area contributed by atoms with Crippen LogP contribution >= 0.6 is 8.53 Å². The molecule has 0 atom stereocenters. The Labute approximate surface area is 194 Å². The van der Waals surface area contributed by atoms with Gasteiger partial charge >= 0.3 is 8.53 Å². The zero-order valence-electron chi connectivity index (χ0n) is 18.1. The highest BCUT2D eigenvalue weighted by molar-refractivity contribution is 7.45. The molecule has 0 aliphatic carbocycles. The lowest BCUT2D eigenvalue weighted by Crippen LogP contribution is -2.78. The van der Waals surface area contributed by atoms with Gasteiger partial charge in [-0.3, -0.25) is 0 Å². The van der Waals surface area contributed by atoms with Gasteiger partial charge in [-0.15, -0.1) is 0 Å². The Morgan fingerprint density at radius 1 is 0.545 bits per heavy atom. The van der Waals surface area contributed by atoms with E-state index < -0.39 is 16.6 Å². The maximum absolute atomic E-state index is 6.61. The summed E-state index contributed by atoms with van der Waals surface area (Å²) in [6.07, 6.45) is 0. The van der Waals surface area contributed by atoms with Crippen molar-refractivity contribution in [1.82, 2.24) is 4.67 Å². The highest BCUT2D eigenvalue weighted by atomic mass is 31.2. The van der Waals surface area contributed by atoms with Gasteiger partial charge in [-0.1, -0.05) is 48.5 Å². The van der Waals surface area contributed by atoms with Crippen LogP contribution in [0.3, 0.4) is 0 Å². The van der Waals surface area contributed by atoms with Crippen LogP contribution in [0, 0.1) is 0 Å². The fourth-order valence-corrected chi connectivity index (χ4v) is 11.7. The van der Waals surface area contributed by atoms with Crippen molar-refractivity contribution in [3.8, 4) is 34.5 Å². The van der Waals surface area contributed by atoms with E-state index in [0.29, 0.717) is 0 Å². The fourth-order valence-electron chi connectivity index (χ4n) is 5.21. The second kappa shape index (κ2) is 6.84. The van der Waals surface area contributed by atoms with E-state index in [-0.39, 0.29) is 0 Å². The van der Waals surface area contributed by atoms with Crippen LogP contribution in [-0.4, -0.2) is 26.8 Å². The Hall–Kier alpha value is -3.31. The maximum atomic E-state index is 6.61. The molecule has 0 saturated carbocycles. The Balaban J connectivity index is 1.71. The first-order valence-corrected chi connectivity index (χ1v) is 14.0. The van der Waals surface area contributed by atoms with Crippen LogP contribution in [0.5, 0.6) is 34.5 Å². The van der Waals surface area contributed by atoms with Crippen molar-refractivity contribution in [1.29, 1.82) is 0 Å². The van der Waals surface area contributed by atoms with Crippen LogP contribution in [0.4, 0.5) is 0 Å². The van der Waals surface area contributed by atoms with Crippen LogP contribution in [0.25, 0.3) is 0 Å². The maximum Gasteiger partial charge on any atom is 0.383 e. The summed E-state index contributed by atoms with van der Waals surface area (Å²) < 4.78 is 28.2. The highest BCUT2D eigenvalue weighted by Gasteiger charge is 2.57. The average Bonchev–Trinajstić information content (AvgIpc) is 2.82. The molecule has 0 saturated heterocycles. The van der Waals surface area contributed by atoms with Crippen molar-refractivity contribution < 1.29 is 18.5 Å². The first-order valence-electron chi connectivity index (χ1n) is 10.8. The van der Waals surface area contributed by atoms with Gasteiger partial charge in [0.25, 0.3) is 0 Å². The topological polar surface area (TPSA) is 40.2 Å². The molecule has 0 radical (unpaired) electrons. The first kappa shape index (κ1) is 19.2. The largest absolute Gasteiger partial charge is 0.457 e. The SMILES string of the molecule is CN(C)P1Oc2cccc3c2[Si]2(c4ccccc4O3)c3ccccc3Oc3cccc(c32)O1. The van der Waals surface area contributed by atoms with E-state index in [1.165, 1.54) is 10.4 Å². The third-order valence-electron chi connectivity index (χ3n) is 6.43. The molecule has 7 heteroatoms. The minimum Gasteiger partial charge on any atom is -0.457 e. The van der Waals surface area contributed by atoms with Gasteiger partial charge in [0.1, 0.15) is 34.5 Å². The lowest BCUT2D eigenvalue weighted by atomic mass is 10.2. The van der Waals surface area contributed by atoms with E-state index in [1.807, 2.05) is 67.3 Å². The molecule has 0 aromatic heterocycles. The van der Waals surface area contributed by atoms with Gasteiger partial charge in [-0.05, 0) is 60.9 Å². The molecule has 3 aliphatic heterocycles. The molecule has 33 heavy (non-hydrogen) atoms. The van der Waals surface area contributed by atoms with Crippen LogP contribution in [-0.2, 0) is 0 Å². The van der Waals surface area contributed by atoms with Gasteiger partial charge in [0.15, 0.2) is 0 Å². The molecule has 4 aromatic carbocycles. The molecule has 0 amide bonds. The number of rotatable bonds is 1. The lowest BCUT2D eigenvalue weighted by molar-refractivity contribution is 0.415. The van der Waals surface area contributed by atoms with Gasteiger partial charge in [-0.25, -0.2) is 4.67 Å². The van der Waals surface area contributed by atoms with E-state index in [2.05, 4.69) is 36.4 Å². The number of hydrogen-bond donors (Lipinski definition) is 0. The third kappa shape index (κ3) is 2.48.